The minimum atomic E-state index is -3.20. The van der Waals surface area contributed by atoms with E-state index in [1.54, 1.807) is 4.90 Å². The highest BCUT2D eigenvalue weighted by Crippen LogP contribution is 2.22. The van der Waals surface area contributed by atoms with Gasteiger partial charge < -0.3 is 9.64 Å². The fourth-order valence-corrected chi connectivity index (χ4v) is 4.71. The second-order valence-electron chi connectivity index (χ2n) is 6.77. The molecular formula is C21H26N2O4S. The van der Waals surface area contributed by atoms with Crippen LogP contribution < -0.4 is 4.74 Å². The Bertz CT molecular complexity index is 874. The van der Waals surface area contributed by atoms with E-state index in [4.69, 9.17) is 4.74 Å². The van der Waals surface area contributed by atoms with Gasteiger partial charge in [0.25, 0.3) is 5.91 Å². The number of carbonyl (C=O) groups is 1. The Labute approximate surface area is 166 Å². The maximum Gasteiger partial charge on any atom is 0.260 e. The number of hydrogen-bond donors (Lipinski definition) is 0. The molecule has 150 valence electrons. The van der Waals surface area contributed by atoms with Crippen LogP contribution in [0.1, 0.15) is 13.3 Å². The maximum atomic E-state index is 12.4. The van der Waals surface area contributed by atoms with Gasteiger partial charge in [0.15, 0.2) is 6.61 Å². The molecule has 6 nitrogen and oxygen atoms in total. The quantitative estimate of drug-likeness (QED) is 0.714. The van der Waals surface area contributed by atoms with Gasteiger partial charge in [0.2, 0.25) is 10.0 Å². The van der Waals surface area contributed by atoms with Crippen LogP contribution in [0.3, 0.4) is 0 Å². The summed E-state index contributed by atoms with van der Waals surface area (Å²) in [7, 11) is -3.20. The molecule has 2 aromatic carbocycles. The van der Waals surface area contributed by atoms with E-state index in [0.29, 0.717) is 38.3 Å². The monoisotopic (exact) mass is 402 g/mol. The molecule has 0 aromatic heterocycles. The number of piperazine rings is 1. The summed E-state index contributed by atoms with van der Waals surface area (Å²) in [6.45, 7) is 3.29. The van der Waals surface area contributed by atoms with E-state index < -0.39 is 10.0 Å². The average molecular weight is 403 g/mol. The van der Waals surface area contributed by atoms with Gasteiger partial charge in [0.05, 0.1) is 5.75 Å². The maximum absolute atomic E-state index is 12.4. The molecule has 0 spiro atoms. The summed E-state index contributed by atoms with van der Waals surface area (Å²) in [6.07, 6.45) is 0.596. The molecule has 28 heavy (non-hydrogen) atoms. The molecule has 0 saturated carbocycles. The van der Waals surface area contributed by atoms with E-state index in [2.05, 4.69) is 0 Å². The van der Waals surface area contributed by atoms with Gasteiger partial charge in [-0.05, 0) is 29.7 Å². The third-order valence-electron chi connectivity index (χ3n) is 4.77. The third-order valence-corrected chi connectivity index (χ3v) is 6.85. The largest absolute Gasteiger partial charge is 0.484 e. The zero-order chi connectivity index (χ0) is 20.0. The van der Waals surface area contributed by atoms with Gasteiger partial charge in [0.1, 0.15) is 5.75 Å². The van der Waals surface area contributed by atoms with Crippen LogP contribution in [0.25, 0.3) is 11.1 Å². The summed E-state index contributed by atoms with van der Waals surface area (Å²) in [4.78, 5) is 14.0. The SMILES string of the molecule is CCCS(=O)(=O)N1CCN(C(=O)COc2ccc(-c3ccccc3)cc2)CC1. The van der Waals surface area contributed by atoms with Crippen LogP contribution in [0.2, 0.25) is 0 Å². The predicted octanol–water partition coefficient (Wildman–Crippen LogP) is 2.62. The van der Waals surface area contributed by atoms with Crippen molar-refractivity contribution in [1.29, 1.82) is 0 Å². The normalized spacial score (nSPS) is 15.4. The van der Waals surface area contributed by atoms with Crippen LogP contribution in [0.4, 0.5) is 0 Å². The van der Waals surface area contributed by atoms with Crippen molar-refractivity contribution in [1.82, 2.24) is 9.21 Å². The Balaban J connectivity index is 1.48. The predicted molar refractivity (Wildman–Crippen MR) is 110 cm³/mol. The molecule has 1 fully saturated rings. The van der Waals surface area contributed by atoms with E-state index in [9.17, 15) is 13.2 Å². The minimum Gasteiger partial charge on any atom is -0.484 e. The lowest BCUT2D eigenvalue weighted by Crippen LogP contribution is -2.52. The van der Waals surface area contributed by atoms with Crippen molar-refractivity contribution in [2.75, 3.05) is 38.5 Å². The van der Waals surface area contributed by atoms with Gasteiger partial charge in [-0.2, -0.15) is 4.31 Å². The Hall–Kier alpha value is -2.38. The van der Waals surface area contributed by atoms with Crippen molar-refractivity contribution in [3.05, 3.63) is 54.6 Å². The molecular weight excluding hydrogens is 376 g/mol. The molecule has 0 radical (unpaired) electrons. The zero-order valence-electron chi connectivity index (χ0n) is 16.1. The van der Waals surface area contributed by atoms with Crippen LogP contribution in [0.15, 0.2) is 54.6 Å². The molecule has 0 unspecified atom stereocenters. The number of rotatable bonds is 7. The highest BCUT2D eigenvalue weighted by molar-refractivity contribution is 7.89. The number of amides is 1. The molecule has 0 N–H and O–H groups in total. The van der Waals surface area contributed by atoms with Crippen LogP contribution >= 0.6 is 0 Å². The fourth-order valence-electron chi connectivity index (χ4n) is 3.21. The lowest BCUT2D eigenvalue weighted by Gasteiger charge is -2.33. The summed E-state index contributed by atoms with van der Waals surface area (Å²) in [5, 5.41) is 0. The molecule has 1 heterocycles. The average Bonchev–Trinajstić information content (AvgIpc) is 2.73. The molecule has 0 atom stereocenters. The van der Waals surface area contributed by atoms with Gasteiger partial charge >= 0.3 is 0 Å². The first-order valence-corrected chi connectivity index (χ1v) is 11.1. The van der Waals surface area contributed by atoms with Crippen molar-refractivity contribution < 1.29 is 17.9 Å². The summed E-state index contributed by atoms with van der Waals surface area (Å²) in [5.41, 5.74) is 2.21. The molecule has 0 aliphatic carbocycles. The van der Waals surface area contributed by atoms with Crippen molar-refractivity contribution in [2.24, 2.45) is 0 Å². The first-order chi connectivity index (χ1) is 13.5. The van der Waals surface area contributed by atoms with Crippen LogP contribution in [0, 0.1) is 0 Å². The standard InChI is InChI=1S/C21H26N2O4S/c1-2-16-28(25,26)23-14-12-22(13-15-23)21(24)17-27-20-10-8-19(9-11-20)18-6-4-3-5-7-18/h3-11H,2,12-17H2,1H3. The Morgan fingerprint density at radius 3 is 2.14 bits per heavy atom. The topological polar surface area (TPSA) is 66.9 Å². The zero-order valence-corrected chi connectivity index (χ0v) is 16.9. The van der Waals surface area contributed by atoms with Crippen LogP contribution in [-0.2, 0) is 14.8 Å². The van der Waals surface area contributed by atoms with E-state index in [0.717, 1.165) is 11.1 Å². The Morgan fingerprint density at radius 2 is 1.54 bits per heavy atom. The van der Waals surface area contributed by atoms with E-state index in [1.807, 2.05) is 61.5 Å². The lowest BCUT2D eigenvalue weighted by molar-refractivity contribution is -0.134. The number of nitrogens with zero attached hydrogens (tertiary/aromatic N) is 2. The fraction of sp³-hybridized carbons (Fsp3) is 0.381. The molecule has 2 aromatic rings. The van der Waals surface area contributed by atoms with E-state index in [-0.39, 0.29) is 18.3 Å². The van der Waals surface area contributed by atoms with Crippen molar-refractivity contribution in [2.45, 2.75) is 13.3 Å². The molecule has 7 heteroatoms. The number of benzene rings is 2. The van der Waals surface area contributed by atoms with Gasteiger partial charge in [0, 0.05) is 26.2 Å². The highest BCUT2D eigenvalue weighted by atomic mass is 32.2. The van der Waals surface area contributed by atoms with Crippen LogP contribution in [-0.4, -0.2) is 62.1 Å². The van der Waals surface area contributed by atoms with Crippen LogP contribution in [0.5, 0.6) is 5.75 Å². The molecule has 1 aliphatic heterocycles. The second kappa shape index (κ2) is 9.21. The smallest absolute Gasteiger partial charge is 0.260 e. The van der Waals surface area contributed by atoms with Crippen molar-refractivity contribution in [3.8, 4) is 16.9 Å². The molecule has 1 aliphatic rings. The molecule has 3 rings (SSSR count). The second-order valence-corrected chi connectivity index (χ2v) is 8.86. The lowest BCUT2D eigenvalue weighted by atomic mass is 10.1. The first-order valence-electron chi connectivity index (χ1n) is 9.53. The van der Waals surface area contributed by atoms with Gasteiger partial charge in [-0.1, -0.05) is 49.4 Å². The van der Waals surface area contributed by atoms with Crippen molar-refractivity contribution in [3.63, 3.8) is 0 Å². The summed E-state index contributed by atoms with van der Waals surface area (Å²) in [5.74, 6) is 0.667. The molecule has 0 bridgehead atoms. The van der Waals surface area contributed by atoms with Crippen molar-refractivity contribution >= 4 is 15.9 Å². The highest BCUT2D eigenvalue weighted by Gasteiger charge is 2.28. The summed E-state index contributed by atoms with van der Waals surface area (Å²) >= 11 is 0. The number of hydrogen-bond acceptors (Lipinski definition) is 4. The third kappa shape index (κ3) is 5.11. The number of ether oxygens (including phenoxy) is 1. The number of sulfonamides is 1. The number of carbonyl (C=O) groups excluding carboxylic acids is 1. The van der Waals surface area contributed by atoms with E-state index in [1.165, 1.54) is 4.31 Å². The molecule has 1 saturated heterocycles. The minimum absolute atomic E-state index is 0.0492. The molecule has 1 amide bonds. The Morgan fingerprint density at radius 1 is 0.929 bits per heavy atom. The summed E-state index contributed by atoms with van der Waals surface area (Å²) < 4.78 is 31.3. The summed E-state index contributed by atoms with van der Waals surface area (Å²) in [6, 6.07) is 17.7. The van der Waals surface area contributed by atoms with Gasteiger partial charge in [-0.3, -0.25) is 4.79 Å². The first kappa shape index (κ1) is 20.4. The van der Waals surface area contributed by atoms with Gasteiger partial charge in [-0.15, -0.1) is 0 Å². The van der Waals surface area contributed by atoms with E-state index >= 15 is 0 Å². The Kier molecular flexibility index (Phi) is 6.70. The van der Waals surface area contributed by atoms with Gasteiger partial charge in [-0.25, -0.2) is 8.42 Å².